The molecule has 0 atom stereocenters. The molecule has 11 nitrogen and oxygen atoms in total. The Hall–Kier alpha value is -4.24. The van der Waals surface area contributed by atoms with Gasteiger partial charge >= 0.3 is 12.1 Å². The molecule has 0 unspecified atom stereocenters. The zero-order valence-corrected chi connectivity index (χ0v) is 19.6. The first kappa shape index (κ1) is 28.0. The third-order valence-corrected chi connectivity index (χ3v) is 5.48. The van der Waals surface area contributed by atoms with E-state index in [4.69, 9.17) is 9.90 Å². The minimum atomic E-state index is -5.08. The highest BCUT2D eigenvalue weighted by molar-refractivity contribution is 7.89. The maximum Gasteiger partial charge on any atom is 0.490 e. The van der Waals surface area contributed by atoms with Crippen LogP contribution in [0.15, 0.2) is 65.8 Å². The smallest absolute Gasteiger partial charge is 0.475 e. The van der Waals surface area contributed by atoms with E-state index in [1.54, 1.807) is 30.3 Å². The highest BCUT2D eigenvalue weighted by Crippen LogP contribution is 2.22. The molecule has 192 valence electrons. The Bertz CT molecular complexity index is 1320. The van der Waals surface area contributed by atoms with Gasteiger partial charge in [-0.3, -0.25) is 4.79 Å². The van der Waals surface area contributed by atoms with Crippen LogP contribution in [0.5, 0.6) is 0 Å². The number of carbonyl (C=O) groups is 2. The summed E-state index contributed by atoms with van der Waals surface area (Å²) in [7, 11) is -2.17. The van der Waals surface area contributed by atoms with Gasteiger partial charge in [-0.2, -0.15) is 13.2 Å². The van der Waals surface area contributed by atoms with Gasteiger partial charge in [0.1, 0.15) is 18.0 Å². The lowest BCUT2D eigenvalue weighted by molar-refractivity contribution is -0.192. The second kappa shape index (κ2) is 11.9. The average Bonchev–Trinajstić information content (AvgIpc) is 2.80. The Balaban J connectivity index is 0.000000572. The van der Waals surface area contributed by atoms with Gasteiger partial charge in [0.05, 0.1) is 4.90 Å². The first-order valence-corrected chi connectivity index (χ1v) is 11.4. The molecular weight excluding hydrogens is 505 g/mol. The van der Waals surface area contributed by atoms with Crippen molar-refractivity contribution in [1.82, 2.24) is 14.7 Å². The van der Waals surface area contributed by atoms with Crippen LogP contribution in [-0.2, 0) is 19.6 Å². The second-order valence-electron chi connectivity index (χ2n) is 6.84. The molecule has 1 heterocycles. The number of nitrogens with zero attached hydrogens (tertiary/aromatic N) is 2. The number of carbonyl (C=O) groups excluding carboxylic acids is 1. The van der Waals surface area contributed by atoms with Crippen LogP contribution in [0.1, 0.15) is 6.92 Å². The number of aromatic nitrogens is 2. The van der Waals surface area contributed by atoms with Crippen molar-refractivity contribution in [3.05, 3.63) is 60.9 Å². The van der Waals surface area contributed by atoms with Crippen molar-refractivity contribution in [3.63, 3.8) is 0 Å². The van der Waals surface area contributed by atoms with Gasteiger partial charge in [0.2, 0.25) is 15.9 Å². The fourth-order valence-electron chi connectivity index (χ4n) is 2.49. The number of anilines is 5. The number of nitrogens with one attached hydrogen (secondary N) is 4. The van der Waals surface area contributed by atoms with Crippen LogP contribution < -0.4 is 20.7 Å². The van der Waals surface area contributed by atoms with Crippen LogP contribution in [0, 0.1) is 0 Å². The van der Waals surface area contributed by atoms with Gasteiger partial charge in [-0.15, -0.1) is 0 Å². The van der Waals surface area contributed by atoms with E-state index < -0.39 is 22.2 Å². The molecule has 0 radical (unpaired) electrons. The lowest BCUT2D eigenvalue weighted by Gasteiger charge is -2.10. The molecule has 0 aliphatic heterocycles. The first-order chi connectivity index (χ1) is 16.8. The van der Waals surface area contributed by atoms with Crippen molar-refractivity contribution in [2.24, 2.45) is 0 Å². The maximum absolute atomic E-state index is 11.9. The van der Waals surface area contributed by atoms with E-state index >= 15 is 0 Å². The number of rotatable bonds is 7. The third-order valence-electron chi connectivity index (χ3n) is 4.07. The van der Waals surface area contributed by atoms with Crippen molar-refractivity contribution in [2.45, 2.75) is 18.0 Å². The zero-order valence-electron chi connectivity index (χ0n) is 18.8. The Labute approximate surface area is 203 Å². The summed E-state index contributed by atoms with van der Waals surface area (Å²) >= 11 is 0. The van der Waals surface area contributed by atoms with Gasteiger partial charge < -0.3 is 21.1 Å². The minimum absolute atomic E-state index is 0.135. The Morgan fingerprint density at radius 2 is 1.42 bits per heavy atom. The van der Waals surface area contributed by atoms with Gasteiger partial charge in [0.25, 0.3) is 0 Å². The number of carboxylic acid groups (broad SMARTS) is 1. The molecular formula is C21H21F3N6O5S. The molecule has 0 saturated carbocycles. The van der Waals surface area contributed by atoms with E-state index in [0.29, 0.717) is 23.0 Å². The Morgan fingerprint density at radius 3 is 1.92 bits per heavy atom. The molecule has 5 N–H and O–H groups in total. The summed E-state index contributed by atoms with van der Waals surface area (Å²) in [5.74, 6) is -1.85. The number of benzene rings is 2. The van der Waals surface area contributed by atoms with E-state index in [2.05, 4.69) is 30.6 Å². The molecule has 3 rings (SSSR count). The fraction of sp³-hybridized carbons (Fsp3) is 0.143. The molecule has 0 bridgehead atoms. The molecule has 0 fully saturated rings. The van der Waals surface area contributed by atoms with Crippen molar-refractivity contribution in [1.29, 1.82) is 0 Å². The SMILES string of the molecule is CNS(=O)(=O)c1cccc(Nc2cc(Nc3ccc(NC(C)=O)cc3)ncn2)c1.O=C(O)C(F)(F)F. The number of carboxylic acids is 1. The number of hydrogen-bond acceptors (Lipinski definition) is 8. The van der Waals surface area contributed by atoms with Crippen molar-refractivity contribution in [3.8, 4) is 0 Å². The largest absolute Gasteiger partial charge is 0.490 e. The molecule has 0 aliphatic rings. The van der Waals surface area contributed by atoms with Gasteiger partial charge in [-0.1, -0.05) is 6.07 Å². The third kappa shape index (κ3) is 8.84. The lowest BCUT2D eigenvalue weighted by Crippen LogP contribution is -2.21. The van der Waals surface area contributed by atoms with Crippen LogP contribution in [0.25, 0.3) is 0 Å². The number of sulfonamides is 1. The van der Waals surface area contributed by atoms with Gasteiger partial charge in [0.15, 0.2) is 0 Å². The minimum Gasteiger partial charge on any atom is -0.475 e. The molecule has 36 heavy (non-hydrogen) atoms. The number of hydrogen-bond donors (Lipinski definition) is 5. The van der Waals surface area contributed by atoms with Crippen LogP contribution >= 0.6 is 0 Å². The summed E-state index contributed by atoms with van der Waals surface area (Å²) in [4.78, 5) is 28.5. The Kier molecular flexibility index (Phi) is 9.29. The molecule has 0 aliphatic carbocycles. The van der Waals surface area contributed by atoms with Crippen molar-refractivity contribution >= 4 is 50.6 Å². The molecule has 3 aromatic rings. The van der Waals surface area contributed by atoms with Crippen LogP contribution in [0.4, 0.5) is 41.9 Å². The van der Waals surface area contributed by atoms with Gasteiger partial charge in [0, 0.05) is 30.1 Å². The Morgan fingerprint density at radius 1 is 0.889 bits per heavy atom. The van der Waals surface area contributed by atoms with Crippen LogP contribution in [0.3, 0.4) is 0 Å². The highest BCUT2D eigenvalue weighted by atomic mass is 32.2. The number of alkyl halides is 3. The monoisotopic (exact) mass is 526 g/mol. The first-order valence-electron chi connectivity index (χ1n) is 9.87. The summed E-state index contributed by atoms with van der Waals surface area (Å²) in [6.45, 7) is 1.45. The van der Waals surface area contributed by atoms with Crippen LogP contribution in [0.2, 0.25) is 0 Å². The standard InChI is InChI=1S/C19H20N6O3S.C2HF3O2/c1-13(26)23-14-6-8-15(9-7-14)24-18-11-19(22-12-21-18)25-16-4-3-5-17(10-16)29(27,28)20-2;3-2(4,5)1(6)7/h3-12,20H,1-2H3,(H,23,26)(H2,21,22,24,25);(H,6,7). The predicted octanol–water partition coefficient (Wildman–Crippen LogP) is 3.46. The quantitative estimate of drug-likeness (QED) is 0.310. The highest BCUT2D eigenvalue weighted by Gasteiger charge is 2.38. The normalized spacial score (nSPS) is 11.0. The van der Waals surface area contributed by atoms with Crippen molar-refractivity contribution < 1.29 is 36.3 Å². The van der Waals surface area contributed by atoms with Crippen LogP contribution in [-0.4, -0.2) is 48.6 Å². The number of aliphatic carboxylic acids is 1. The van der Waals surface area contributed by atoms with E-state index in [1.807, 2.05) is 12.1 Å². The topological polar surface area (TPSA) is 162 Å². The van der Waals surface area contributed by atoms with E-state index in [-0.39, 0.29) is 10.8 Å². The molecule has 0 spiro atoms. The molecule has 2 aromatic carbocycles. The van der Waals surface area contributed by atoms with E-state index in [9.17, 15) is 26.4 Å². The lowest BCUT2D eigenvalue weighted by atomic mass is 10.2. The molecule has 0 saturated heterocycles. The number of halogens is 3. The summed E-state index contributed by atoms with van der Waals surface area (Å²) in [5, 5.41) is 16.0. The average molecular weight is 526 g/mol. The fourth-order valence-corrected chi connectivity index (χ4v) is 3.26. The van der Waals surface area contributed by atoms with Crippen molar-refractivity contribution in [2.75, 3.05) is 23.0 Å². The second-order valence-corrected chi connectivity index (χ2v) is 8.72. The summed E-state index contributed by atoms with van der Waals surface area (Å²) in [6, 6.07) is 15.3. The summed E-state index contributed by atoms with van der Waals surface area (Å²) < 4.78 is 57.9. The summed E-state index contributed by atoms with van der Waals surface area (Å²) in [5.41, 5.74) is 2.06. The summed E-state index contributed by atoms with van der Waals surface area (Å²) in [6.07, 6.45) is -3.69. The van der Waals surface area contributed by atoms with Gasteiger partial charge in [-0.25, -0.2) is 27.9 Å². The molecule has 1 amide bonds. The van der Waals surface area contributed by atoms with E-state index in [1.165, 1.54) is 32.4 Å². The maximum atomic E-state index is 11.9. The molecule has 1 aromatic heterocycles. The predicted molar refractivity (Wildman–Crippen MR) is 126 cm³/mol. The van der Waals surface area contributed by atoms with E-state index in [0.717, 1.165) is 5.69 Å². The zero-order chi connectivity index (χ0) is 26.9. The molecule has 15 heteroatoms. The van der Waals surface area contributed by atoms with Gasteiger partial charge in [-0.05, 0) is 49.5 Å². The number of amides is 1.